The second-order valence-electron chi connectivity index (χ2n) is 2.20. The van der Waals surface area contributed by atoms with Gasteiger partial charge in [-0.25, -0.2) is 4.39 Å². The van der Waals surface area contributed by atoms with E-state index in [1.54, 1.807) is 0 Å². The number of rotatable bonds is 1. The molecule has 0 aromatic heterocycles. The van der Waals surface area contributed by atoms with Gasteiger partial charge in [0.15, 0.2) is 0 Å². The summed E-state index contributed by atoms with van der Waals surface area (Å²) in [5.41, 5.74) is 0.657. The van der Waals surface area contributed by atoms with Crippen LogP contribution in [-0.4, -0.2) is 0 Å². The molecule has 1 nitrogen and oxygen atoms in total. The molecule has 12 heavy (non-hydrogen) atoms. The average Bonchev–Trinajstić information content (AvgIpc) is 2.00. The van der Waals surface area contributed by atoms with Crippen molar-refractivity contribution in [2.75, 3.05) is 0 Å². The SMILES string of the molecule is N#CCc1cc(F)cc(Br)c1Br. The highest BCUT2D eigenvalue weighted by Gasteiger charge is 2.05. The highest BCUT2D eigenvalue weighted by Crippen LogP contribution is 2.28. The molecule has 4 heteroatoms. The predicted molar refractivity (Wildman–Crippen MR) is 51.1 cm³/mol. The van der Waals surface area contributed by atoms with Gasteiger partial charge in [0, 0.05) is 8.95 Å². The van der Waals surface area contributed by atoms with Gasteiger partial charge in [-0.1, -0.05) is 0 Å². The molecule has 1 aromatic rings. The summed E-state index contributed by atoms with van der Waals surface area (Å²) in [5.74, 6) is -0.338. The van der Waals surface area contributed by atoms with Gasteiger partial charge in [0.1, 0.15) is 5.82 Å². The van der Waals surface area contributed by atoms with Crippen LogP contribution in [0.4, 0.5) is 4.39 Å². The maximum atomic E-state index is 12.8. The number of nitrogens with zero attached hydrogens (tertiary/aromatic N) is 1. The van der Waals surface area contributed by atoms with Crippen LogP contribution in [-0.2, 0) is 6.42 Å². The topological polar surface area (TPSA) is 23.8 Å². The molecule has 0 heterocycles. The van der Waals surface area contributed by atoms with Crippen LogP contribution >= 0.6 is 31.9 Å². The van der Waals surface area contributed by atoms with Gasteiger partial charge in [-0.2, -0.15) is 5.26 Å². The molecule has 1 rings (SSSR count). The zero-order valence-corrected chi connectivity index (χ0v) is 9.11. The van der Waals surface area contributed by atoms with E-state index >= 15 is 0 Å². The van der Waals surface area contributed by atoms with E-state index in [-0.39, 0.29) is 12.2 Å². The summed E-state index contributed by atoms with van der Waals surface area (Å²) in [4.78, 5) is 0. The molecule has 0 saturated carbocycles. The summed E-state index contributed by atoms with van der Waals surface area (Å²) in [6.07, 6.45) is 0.205. The molecule has 0 unspecified atom stereocenters. The van der Waals surface area contributed by atoms with Crippen LogP contribution in [0.25, 0.3) is 0 Å². The van der Waals surface area contributed by atoms with Crippen molar-refractivity contribution >= 4 is 31.9 Å². The second-order valence-corrected chi connectivity index (χ2v) is 3.84. The number of hydrogen-bond donors (Lipinski definition) is 0. The third-order valence-corrected chi connectivity index (χ3v) is 3.43. The van der Waals surface area contributed by atoms with Crippen molar-refractivity contribution in [1.29, 1.82) is 5.26 Å². The Morgan fingerprint density at radius 1 is 1.42 bits per heavy atom. The summed E-state index contributed by atoms with van der Waals surface area (Å²) in [6, 6.07) is 4.66. The largest absolute Gasteiger partial charge is 0.207 e. The summed E-state index contributed by atoms with van der Waals surface area (Å²) >= 11 is 6.42. The molecule has 0 saturated heterocycles. The van der Waals surface area contributed by atoms with Gasteiger partial charge in [-0.05, 0) is 49.6 Å². The first-order chi connectivity index (χ1) is 5.65. The fourth-order valence-corrected chi connectivity index (χ4v) is 1.67. The lowest BCUT2D eigenvalue weighted by atomic mass is 10.2. The fourth-order valence-electron chi connectivity index (χ4n) is 0.823. The molecule has 1 aromatic carbocycles. The Morgan fingerprint density at radius 2 is 2.08 bits per heavy atom. The molecule has 0 fully saturated rings. The van der Waals surface area contributed by atoms with E-state index in [2.05, 4.69) is 31.9 Å². The van der Waals surface area contributed by atoms with Crippen molar-refractivity contribution in [2.24, 2.45) is 0 Å². The molecule has 0 spiro atoms. The minimum atomic E-state index is -0.338. The standard InChI is InChI=1S/C8H4Br2FN/c9-7-4-6(11)3-5(1-2-12)8(7)10/h3-4H,1H2. The quantitative estimate of drug-likeness (QED) is 0.728. The molecule has 0 aliphatic rings. The van der Waals surface area contributed by atoms with Gasteiger partial charge in [0.2, 0.25) is 0 Å². The van der Waals surface area contributed by atoms with Gasteiger partial charge < -0.3 is 0 Å². The van der Waals surface area contributed by atoms with Crippen molar-refractivity contribution in [3.05, 3.63) is 32.5 Å². The summed E-state index contributed by atoms with van der Waals surface area (Å²) in [5, 5.41) is 8.42. The number of nitriles is 1. The van der Waals surface area contributed by atoms with Crippen molar-refractivity contribution < 1.29 is 4.39 Å². The minimum Gasteiger partial charge on any atom is -0.207 e. The van der Waals surface area contributed by atoms with Crippen LogP contribution in [0.2, 0.25) is 0 Å². The predicted octanol–water partition coefficient (Wildman–Crippen LogP) is 3.42. The molecule has 0 aliphatic carbocycles. The van der Waals surface area contributed by atoms with Crippen molar-refractivity contribution in [3.8, 4) is 6.07 Å². The molecule has 0 bridgehead atoms. The van der Waals surface area contributed by atoms with E-state index < -0.39 is 0 Å². The third kappa shape index (κ3) is 2.05. The molecule has 0 aliphatic heterocycles. The second kappa shape index (κ2) is 4.01. The lowest BCUT2D eigenvalue weighted by Gasteiger charge is -2.01. The zero-order valence-electron chi connectivity index (χ0n) is 5.94. The highest BCUT2D eigenvalue weighted by molar-refractivity contribution is 9.13. The maximum Gasteiger partial charge on any atom is 0.124 e. The summed E-state index contributed by atoms with van der Waals surface area (Å²) in [7, 11) is 0. The Morgan fingerprint density at radius 3 is 2.67 bits per heavy atom. The lowest BCUT2D eigenvalue weighted by molar-refractivity contribution is 0.625. The van der Waals surface area contributed by atoms with E-state index in [0.29, 0.717) is 10.0 Å². The van der Waals surface area contributed by atoms with E-state index in [9.17, 15) is 4.39 Å². The van der Waals surface area contributed by atoms with Crippen molar-refractivity contribution in [1.82, 2.24) is 0 Å². The smallest absolute Gasteiger partial charge is 0.124 e. The van der Waals surface area contributed by atoms with E-state index in [1.165, 1.54) is 12.1 Å². The van der Waals surface area contributed by atoms with E-state index in [4.69, 9.17) is 5.26 Å². The monoisotopic (exact) mass is 291 g/mol. The molecule has 0 amide bonds. The third-order valence-electron chi connectivity index (χ3n) is 1.34. The highest BCUT2D eigenvalue weighted by atomic mass is 79.9. The van der Waals surface area contributed by atoms with Crippen LogP contribution in [0.5, 0.6) is 0 Å². The van der Waals surface area contributed by atoms with Crippen LogP contribution in [0, 0.1) is 17.1 Å². The van der Waals surface area contributed by atoms with Gasteiger partial charge in [-0.3, -0.25) is 0 Å². The first kappa shape index (κ1) is 9.69. The Labute approximate surface area is 86.5 Å². The molecule has 0 atom stereocenters. The van der Waals surface area contributed by atoms with Gasteiger partial charge >= 0.3 is 0 Å². The van der Waals surface area contributed by atoms with Crippen molar-refractivity contribution in [2.45, 2.75) is 6.42 Å². The van der Waals surface area contributed by atoms with Crippen LogP contribution in [0.15, 0.2) is 21.1 Å². The Kier molecular flexibility index (Phi) is 3.24. The first-order valence-electron chi connectivity index (χ1n) is 3.15. The Balaban J connectivity index is 3.20. The number of halogens is 3. The maximum absolute atomic E-state index is 12.8. The zero-order chi connectivity index (χ0) is 9.14. The fraction of sp³-hybridized carbons (Fsp3) is 0.125. The summed E-state index contributed by atoms with van der Waals surface area (Å²) < 4.78 is 14.1. The van der Waals surface area contributed by atoms with E-state index in [1.807, 2.05) is 6.07 Å². The minimum absolute atomic E-state index is 0.205. The van der Waals surface area contributed by atoms with Crippen LogP contribution in [0.3, 0.4) is 0 Å². The van der Waals surface area contributed by atoms with Crippen LogP contribution in [0.1, 0.15) is 5.56 Å². The Bertz CT molecular complexity index is 344. The number of benzene rings is 1. The van der Waals surface area contributed by atoms with Gasteiger partial charge in [-0.15, -0.1) is 0 Å². The number of hydrogen-bond acceptors (Lipinski definition) is 1. The summed E-state index contributed by atoms with van der Waals surface area (Å²) in [6.45, 7) is 0. The normalized spacial score (nSPS) is 9.50. The van der Waals surface area contributed by atoms with Gasteiger partial charge in [0.05, 0.1) is 12.5 Å². The molecule has 0 N–H and O–H groups in total. The van der Waals surface area contributed by atoms with Crippen molar-refractivity contribution in [3.63, 3.8) is 0 Å². The molecular weight excluding hydrogens is 289 g/mol. The molecule has 62 valence electrons. The molecular formula is C8H4Br2FN. The first-order valence-corrected chi connectivity index (χ1v) is 4.74. The van der Waals surface area contributed by atoms with Crippen LogP contribution < -0.4 is 0 Å². The van der Waals surface area contributed by atoms with E-state index in [0.717, 1.165) is 4.47 Å². The van der Waals surface area contributed by atoms with Gasteiger partial charge in [0.25, 0.3) is 0 Å². The Hall–Kier alpha value is -0.400. The molecule has 0 radical (unpaired) electrons. The lowest BCUT2D eigenvalue weighted by Crippen LogP contribution is -1.87. The average molecular weight is 293 g/mol.